The topological polar surface area (TPSA) is 85.9 Å². The van der Waals surface area contributed by atoms with Crippen molar-refractivity contribution in [2.24, 2.45) is 5.10 Å². The Morgan fingerprint density at radius 2 is 2.04 bits per heavy atom. The number of furan rings is 1. The van der Waals surface area contributed by atoms with Crippen molar-refractivity contribution in [1.29, 1.82) is 0 Å². The van der Waals surface area contributed by atoms with E-state index >= 15 is 0 Å². The van der Waals surface area contributed by atoms with Crippen LogP contribution in [0.2, 0.25) is 5.02 Å². The zero-order chi connectivity index (χ0) is 17.1. The van der Waals surface area contributed by atoms with E-state index in [-0.39, 0.29) is 12.8 Å². The van der Waals surface area contributed by atoms with Crippen LogP contribution in [0.5, 0.6) is 0 Å². The number of rotatable bonds is 5. The molecular weight excluding hydrogens is 332 g/mol. The molecule has 0 spiro atoms. The molecule has 0 saturated heterocycles. The average molecular weight is 346 g/mol. The molecule has 3 rings (SSSR count). The van der Waals surface area contributed by atoms with Crippen LogP contribution in [-0.2, 0) is 9.59 Å². The zero-order valence-corrected chi connectivity index (χ0v) is 13.4. The van der Waals surface area contributed by atoms with Crippen molar-refractivity contribution < 1.29 is 19.1 Å². The summed E-state index contributed by atoms with van der Waals surface area (Å²) in [5, 5.41) is 16.8. The highest BCUT2D eigenvalue weighted by Gasteiger charge is 2.34. The Morgan fingerprint density at radius 3 is 2.71 bits per heavy atom. The second-order valence-corrected chi connectivity index (χ2v) is 5.78. The van der Waals surface area contributed by atoms with Crippen LogP contribution in [-0.4, -0.2) is 22.6 Å². The molecule has 0 fully saturated rings. The maximum atomic E-state index is 12.4. The van der Waals surface area contributed by atoms with Crippen molar-refractivity contribution in [1.82, 2.24) is 5.01 Å². The van der Waals surface area contributed by atoms with E-state index in [0.29, 0.717) is 22.9 Å². The van der Waals surface area contributed by atoms with Crippen molar-refractivity contribution in [3.05, 3.63) is 59.0 Å². The second kappa shape index (κ2) is 6.88. The first-order valence-corrected chi connectivity index (χ1v) is 7.81. The van der Waals surface area contributed by atoms with Crippen LogP contribution < -0.4 is 5.11 Å². The molecule has 1 atom stereocenters. The van der Waals surface area contributed by atoms with E-state index in [2.05, 4.69) is 5.10 Å². The summed E-state index contributed by atoms with van der Waals surface area (Å²) in [7, 11) is 0. The minimum Gasteiger partial charge on any atom is -0.550 e. The third kappa shape index (κ3) is 3.33. The fourth-order valence-corrected chi connectivity index (χ4v) is 2.90. The van der Waals surface area contributed by atoms with Gasteiger partial charge in [-0.05, 0) is 30.2 Å². The first-order valence-electron chi connectivity index (χ1n) is 7.44. The molecule has 1 amide bonds. The minimum atomic E-state index is -1.27. The summed E-state index contributed by atoms with van der Waals surface area (Å²) >= 11 is 6.26. The predicted octanol–water partition coefficient (Wildman–Crippen LogP) is 2.14. The number of hydrogen-bond acceptors (Lipinski definition) is 5. The number of carboxylic acids is 1. The molecule has 0 radical (unpaired) electrons. The van der Waals surface area contributed by atoms with Gasteiger partial charge in [0, 0.05) is 23.8 Å². The maximum absolute atomic E-state index is 12.4. The van der Waals surface area contributed by atoms with Gasteiger partial charge < -0.3 is 14.3 Å². The van der Waals surface area contributed by atoms with E-state index in [9.17, 15) is 14.7 Å². The number of aliphatic carboxylic acids is 1. The Hall–Kier alpha value is -2.60. The van der Waals surface area contributed by atoms with Crippen LogP contribution >= 0.6 is 11.6 Å². The zero-order valence-electron chi connectivity index (χ0n) is 12.6. The first kappa shape index (κ1) is 16.3. The molecule has 6 nitrogen and oxygen atoms in total. The van der Waals surface area contributed by atoms with Gasteiger partial charge >= 0.3 is 0 Å². The number of halogens is 1. The summed E-state index contributed by atoms with van der Waals surface area (Å²) < 4.78 is 5.35. The lowest BCUT2D eigenvalue weighted by molar-refractivity contribution is -0.305. The lowest BCUT2D eigenvalue weighted by atomic mass is 10.0. The summed E-state index contributed by atoms with van der Waals surface area (Å²) in [6.07, 6.45) is 1.44. The monoisotopic (exact) mass is 345 g/mol. The molecule has 1 aliphatic rings. The van der Waals surface area contributed by atoms with Gasteiger partial charge in [-0.25, -0.2) is 5.01 Å². The van der Waals surface area contributed by atoms with E-state index in [4.69, 9.17) is 16.0 Å². The van der Waals surface area contributed by atoms with Crippen LogP contribution in [0.25, 0.3) is 0 Å². The van der Waals surface area contributed by atoms with Gasteiger partial charge in [-0.3, -0.25) is 4.79 Å². The van der Waals surface area contributed by atoms with Crippen LogP contribution in [0.15, 0.2) is 52.2 Å². The highest BCUT2D eigenvalue weighted by molar-refractivity contribution is 6.31. The van der Waals surface area contributed by atoms with Crippen LogP contribution in [0, 0.1) is 0 Å². The SMILES string of the molecule is O=C([O-])CCC(=O)N1N=C(c2ccco2)C[C@@H]1c1ccccc1Cl. The number of amides is 1. The third-order valence-electron chi connectivity index (χ3n) is 3.78. The number of hydrogen-bond donors (Lipinski definition) is 0. The molecule has 0 aliphatic carbocycles. The molecule has 0 saturated carbocycles. The lowest BCUT2D eigenvalue weighted by Crippen LogP contribution is -2.30. The summed E-state index contributed by atoms with van der Waals surface area (Å²) in [4.78, 5) is 23.0. The van der Waals surface area contributed by atoms with E-state index < -0.39 is 17.9 Å². The van der Waals surface area contributed by atoms with Crippen LogP contribution in [0.3, 0.4) is 0 Å². The largest absolute Gasteiger partial charge is 0.550 e. The highest BCUT2D eigenvalue weighted by atomic mass is 35.5. The van der Waals surface area contributed by atoms with Crippen molar-refractivity contribution in [2.75, 3.05) is 0 Å². The van der Waals surface area contributed by atoms with Crippen molar-refractivity contribution >= 4 is 29.2 Å². The normalized spacial score (nSPS) is 17.0. The van der Waals surface area contributed by atoms with Gasteiger partial charge in [-0.15, -0.1) is 0 Å². The van der Waals surface area contributed by atoms with Crippen LogP contribution in [0.1, 0.15) is 36.6 Å². The van der Waals surface area contributed by atoms with Crippen LogP contribution in [0.4, 0.5) is 0 Å². The fourth-order valence-electron chi connectivity index (χ4n) is 2.64. The van der Waals surface area contributed by atoms with E-state index in [1.807, 2.05) is 12.1 Å². The molecule has 1 aromatic heterocycles. The second-order valence-electron chi connectivity index (χ2n) is 5.38. The third-order valence-corrected chi connectivity index (χ3v) is 4.12. The Morgan fingerprint density at radius 1 is 1.25 bits per heavy atom. The van der Waals surface area contributed by atoms with E-state index in [1.165, 1.54) is 11.3 Å². The number of carbonyl (C=O) groups is 2. The summed E-state index contributed by atoms with van der Waals surface area (Å²) in [6, 6.07) is 10.3. The summed E-state index contributed by atoms with van der Waals surface area (Å²) in [5.74, 6) is -1.10. The summed E-state index contributed by atoms with van der Waals surface area (Å²) in [5.41, 5.74) is 1.37. The highest BCUT2D eigenvalue weighted by Crippen LogP contribution is 2.36. The Kier molecular flexibility index (Phi) is 4.66. The number of carbonyl (C=O) groups excluding carboxylic acids is 2. The Labute approximate surface area is 143 Å². The van der Waals surface area contributed by atoms with Gasteiger partial charge in [0.15, 0.2) is 0 Å². The van der Waals surface area contributed by atoms with Gasteiger partial charge in [0.1, 0.15) is 11.5 Å². The standard InChI is InChI=1S/C17H15ClN2O4/c18-12-5-2-1-4-11(12)14-10-13(15-6-3-9-24-15)19-20(14)16(21)7-8-17(22)23/h1-6,9,14H,7-8,10H2,(H,22,23)/p-1/t14-/m1/s1. The van der Waals surface area contributed by atoms with Crippen molar-refractivity contribution in [3.8, 4) is 0 Å². The molecule has 2 heterocycles. The van der Waals surface area contributed by atoms with E-state index in [1.54, 1.807) is 24.3 Å². The molecule has 0 N–H and O–H groups in total. The fraction of sp³-hybridized carbons (Fsp3) is 0.235. The van der Waals surface area contributed by atoms with Gasteiger partial charge in [-0.1, -0.05) is 29.8 Å². The molecule has 0 unspecified atom stereocenters. The van der Waals surface area contributed by atoms with Gasteiger partial charge in [0.05, 0.1) is 12.3 Å². The maximum Gasteiger partial charge on any atom is 0.243 e. The van der Waals surface area contributed by atoms with E-state index in [0.717, 1.165) is 5.56 Å². The molecule has 7 heteroatoms. The number of hydrazone groups is 1. The minimum absolute atomic E-state index is 0.182. The predicted molar refractivity (Wildman–Crippen MR) is 85.1 cm³/mol. The molecular formula is C17H14ClN2O4-. The first-order chi connectivity index (χ1) is 11.6. The Bertz CT molecular complexity index is 786. The molecule has 24 heavy (non-hydrogen) atoms. The summed E-state index contributed by atoms with van der Waals surface area (Å²) in [6.45, 7) is 0. The molecule has 2 aromatic rings. The Balaban J connectivity index is 1.91. The van der Waals surface area contributed by atoms with Gasteiger partial charge in [0.25, 0.3) is 0 Å². The smallest absolute Gasteiger partial charge is 0.243 e. The lowest BCUT2D eigenvalue weighted by Gasteiger charge is -2.23. The van der Waals surface area contributed by atoms with Gasteiger partial charge in [0.2, 0.25) is 5.91 Å². The molecule has 124 valence electrons. The molecule has 0 bridgehead atoms. The van der Waals surface area contributed by atoms with Crippen molar-refractivity contribution in [3.63, 3.8) is 0 Å². The average Bonchev–Trinajstić information content (AvgIpc) is 3.22. The quantitative estimate of drug-likeness (QED) is 0.830. The number of benzene rings is 1. The number of carboxylic acid groups (broad SMARTS) is 1. The van der Waals surface area contributed by atoms with Gasteiger partial charge in [-0.2, -0.15) is 5.10 Å². The number of nitrogens with zero attached hydrogens (tertiary/aromatic N) is 2. The molecule has 1 aromatic carbocycles. The molecule has 1 aliphatic heterocycles. The van der Waals surface area contributed by atoms with Crippen molar-refractivity contribution in [2.45, 2.75) is 25.3 Å².